The van der Waals surface area contributed by atoms with E-state index in [1.807, 2.05) is 0 Å². The fraction of sp³-hybridized carbons (Fsp3) is 0.500. The van der Waals surface area contributed by atoms with Crippen LogP contribution in [0.4, 0.5) is 0 Å². The lowest BCUT2D eigenvalue weighted by Gasteiger charge is -2.42. The second kappa shape index (κ2) is 15.2. The molecule has 5 atom stereocenters. The van der Waals surface area contributed by atoms with Crippen LogP contribution < -0.4 is 10.6 Å². The first kappa shape index (κ1) is 33.3. The van der Waals surface area contributed by atoms with Crippen molar-refractivity contribution in [1.29, 1.82) is 0 Å². The molecule has 3 amide bonds. The van der Waals surface area contributed by atoms with Gasteiger partial charge in [0.25, 0.3) is 5.91 Å². The van der Waals surface area contributed by atoms with Crippen molar-refractivity contribution in [3.63, 3.8) is 0 Å². The number of likely N-dealkylation sites (N-methyl/N-ethyl adjacent to an activating group) is 1. The number of amides is 3. The third kappa shape index (κ3) is 9.64. The molecule has 0 aromatic carbocycles. The van der Waals surface area contributed by atoms with E-state index in [4.69, 9.17) is 28.1 Å². The van der Waals surface area contributed by atoms with Crippen molar-refractivity contribution < 1.29 is 61.7 Å². The fourth-order valence-electron chi connectivity index (χ4n) is 4.02. The minimum Gasteiger partial charge on any atom is -0.477 e. The van der Waals surface area contributed by atoms with Crippen molar-refractivity contribution in [3.05, 3.63) is 36.0 Å². The molecule has 0 bridgehead atoms. The molecule has 16 nitrogen and oxygen atoms in total. The van der Waals surface area contributed by atoms with Gasteiger partial charge in [0.2, 0.25) is 17.6 Å². The predicted octanol–water partition coefficient (Wildman–Crippen LogP) is -0.777. The molecule has 1 aliphatic rings. The molecule has 0 aliphatic carbocycles. The molecule has 16 heteroatoms. The van der Waals surface area contributed by atoms with Crippen LogP contribution in [-0.4, -0.2) is 104 Å². The molecule has 0 saturated heterocycles. The molecule has 42 heavy (non-hydrogen) atoms. The summed E-state index contributed by atoms with van der Waals surface area (Å²) in [5.74, 6) is -5.82. The second-order valence-corrected chi connectivity index (χ2v) is 9.09. The number of hydrogen-bond donors (Lipinski definition) is 2. The fourth-order valence-corrected chi connectivity index (χ4v) is 4.02. The lowest BCUT2D eigenvalue weighted by atomic mass is 9.91. The summed E-state index contributed by atoms with van der Waals surface area (Å²) in [6.07, 6.45) is -2.11. The van der Waals surface area contributed by atoms with Crippen LogP contribution in [0.3, 0.4) is 0 Å². The Bertz CT molecular complexity index is 1210. The monoisotopic (exact) mass is 595 g/mol. The summed E-state index contributed by atoms with van der Waals surface area (Å²) in [4.78, 5) is 87.0. The Balaban J connectivity index is 2.50. The molecule has 230 valence electrons. The van der Waals surface area contributed by atoms with E-state index in [0.29, 0.717) is 0 Å². The zero-order valence-corrected chi connectivity index (χ0v) is 23.9. The lowest BCUT2D eigenvalue weighted by molar-refractivity contribution is -0.188. The normalized spacial score (nSPS) is 19.0. The number of nitrogens with one attached hydrogen (secondary N) is 2. The number of nitrogens with zero attached hydrogens (tertiary/aromatic N) is 1. The van der Waals surface area contributed by atoms with Crippen LogP contribution in [0.25, 0.3) is 0 Å². The Hall–Kier alpha value is -4.89. The van der Waals surface area contributed by atoms with E-state index in [2.05, 4.69) is 10.6 Å². The number of carbonyl (C=O) groups is 7. The second-order valence-electron chi connectivity index (χ2n) is 9.09. The first-order valence-electron chi connectivity index (χ1n) is 12.5. The van der Waals surface area contributed by atoms with Gasteiger partial charge in [0.05, 0.1) is 32.0 Å². The van der Waals surface area contributed by atoms with E-state index in [0.717, 1.165) is 45.8 Å². The van der Waals surface area contributed by atoms with Gasteiger partial charge in [-0.15, -0.1) is 0 Å². The summed E-state index contributed by atoms with van der Waals surface area (Å²) in [6.45, 7) is 3.30. The number of furan rings is 1. The van der Waals surface area contributed by atoms with Crippen molar-refractivity contribution in [2.45, 2.75) is 58.1 Å². The molecule has 0 fully saturated rings. The maximum absolute atomic E-state index is 13.0. The van der Waals surface area contributed by atoms with Crippen molar-refractivity contribution in [2.75, 3.05) is 27.3 Å². The van der Waals surface area contributed by atoms with Gasteiger partial charge in [-0.1, -0.05) is 0 Å². The molecule has 0 unspecified atom stereocenters. The van der Waals surface area contributed by atoms with E-state index in [9.17, 15) is 33.6 Å². The summed E-state index contributed by atoms with van der Waals surface area (Å²) >= 11 is 0. The molecule has 1 aromatic rings. The average Bonchev–Trinajstić information content (AvgIpc) is 3.44. The molecular formula is C26H33N3O13. The molecule has 0 radical (unpaired) electrons. The summed E-state index contributed by atoms with van der Waals surface area (Å²) < 4.78 is 31.3. The molecule has 0 saturated carbocycles. The standard InChI is InChI=1S/C26H33N3O13/c1-13(30)27-22-17(28-21(34)11-29(5)25(35)18-8-7-9-38-18)10-19(26(36)37-6)42-24(22)23(41-16(4)33)20(40-15(3)32)12-39-14(2)31/h7-10,17,20,22-24H,11-12H2,1-6H3,(H,27,30)(H,28,34)/t17-,20+,22+,23+,24+/m0/s1. The number of ether oxygens (including phenoxy) is 5. The van der Waals surface area contributed by atoms with Crippen LogP contribution in [0.15, 0.2) is 34.6 Å². The van der Waals surface area contributed by atoms with E-state index >= 15 is 0 Å². The van der Waals surface area contributed by atoms with Gasteiger partial charge < -0.3 is 43.6 Å². The third-order valence-electron chi connectivity index (χ3n) is 5.64. The third-order valence-corrected chi connectivity index (χ3v) is 5.64. The number of esters is 4. The highest BCUT2D eigenvalue weighted by Gasteiger charge is 2.48. The lowest BCUT2D eigenvalue weighted by Crippen LogP contribution is -2.65. The Kier molecular flexibility index (Phi) is 12.1. The van der Waals surface area contributed by atoms with Crippen molar-refractivity contribution in [2.24, 2.45) is 0 Å². The Labute approximate surface area is 240 Å². The molecule has 0 spiro atoms. The quantitative estimate of drug-likeness (QED) is 0.225. The summed E-state index contributed by atoms with van der Waals surface area (Å²) in [5, 5.41) is 5.19. The highest BCUT2D eigenvalue weighted by molar-refractivity contribution is 5.94. The maximum atomic E-state index is 13.0. The van der Waals surface area contributed by atoms with E-state index in [1.165, 1.54) is 25.4 Å². The van der Waals surface area contributed by atoms with Crippen LogP contribution in [0, 0.1) is 0 Å². The van der Waals surface area contributed by atoms with Gasteiger partial charge in [-0.3, -0.25) is 28.8 Å². The molecule has 1 aliphatic heterocycles. The zero-order valence-electron chi connectivity index (χ0n) is 23.9. The van der Waals surface area contributed by atoms with Gasteiger partial charge in [0.1, 0.15) is 6.61 Å². The highest BCUT2D eigenvalue weighted by atomic mass is 16.6. The van der Waals surface area contributed by atoms with E-state index in [-0.39, 0.29) is 5.76 Å². The Morgan fingerprint density at radius 3 is 2.17 bits per heavy atom. The van der Waals surface area contributed by atoms with Crippen molar-refractivity contribution in [1.82, 2.24) is 15.5 Å². The average molecular weight is 596 g/mol. The number of rotatable bonds is 12. The SMILES string of the molecule is COC(=O)C1=C[C@H](NC(=O)CN(C)C(=O)c2ccco2)[C@@H](NC(C)=O)[C@H]([C@H](OC(C)=O)[C@@H](COC(C)=O)OC(C)=O)O1. The van der Waals surface area contributed by atoms with Gasteiger partial charge in [0.15, 0.2) is 24.1 Å². The number of carbonyl (C=O) groups excluding carboxylic acids is 7. The largest absolute Gasteiger partial charge is 0.477 e. The number of hydrogen-bond acceptors (Lipinski definition) is 13. The maximum Gasteiger partial charge on any atom is 0.373 e. The summed E-state index contributed by atoms with van der Waals surface area (Å²) in [7, 11) is 2.42. The minimum atomic E-state index is -1.58. The first-order valence-corrected chi connectivity index (χ1v) is 12.5. The van der Waals surface area contributed by atoms with Gasteiger partial charge >= 0.3 is 23.9 Å². The van der Waals surface area contributed by atoms with Crippen molar-refractivity contribution in [3.8, 4) is 0 Å². The highest BCUT2D eigenvalue weighted by Crippen LogP contribution is 2.27. The molecular weight excluding hydrogens is 562 g/mol. The topological polar surface area (TPSA) is 206 Å². The minimum absolute atomic E-state index is 0.00561. The Morgan fingerprint density at radius 2 is 1.64 bits per heavy atom. The number of methoxy groups -OCH3 is 1. The van der Waals surface area contributed by atoms with Gasteiger partial charge in [-0.05, 0) is 18.2 Å². The van der Waals surface area contributed by atoms with Gasteiger partial charge in [-0.2, -0.15) is 0 Å². The van der Waals surface area contributed by atoms with Gasteiger partial charge in [0, 0.05) is 34.7 Å². The smallest absolute Gasteiger partial charge is 0.373 e. The molecule has 2 N–H and O–H groups in total. The Morgan fingerprint density at radius 1 is 0.976 bits per heavy atom. The van der Waals surface area contributed by atoms with Crippen LogP contribution in [0.5, 0.6) is 0 Å². The summed E-state index contributed by atoms with van der Waals surface area (Å²) in [6, 6.07) is 0.448. The van der Waals surface area contributed by atoms with E-state index < -0.39 is 90.9 Å². The molecule has 2 rings (SSSR count). The zero-order chi connectivity index (χ0) is 31.6. The molecule has 2 heterocycles. The predicted molar refractivity (Wildman–Crippen MR) is 138 cm³/mol. The van der Waals surface area contributed by atoms with Crippen molar-refractivity contribution >= 4 is 41.6 Å². The van der Waals surface area contributed by atoms with Crippen LogP contribution in [-0.2, 0) is 52.5 Å². The van der Waals surface area contributed by atoms with Crippen LogP contribution in [0.2, 0.25) is 0 Å². The van der Waals surface area contributed by atoms with Crippen LogP contribution >= 0.6 is 0 Å². The molecule has 1 aromatic heterocycles. The summed E-state index contributed by atoms with van der Waals surface area (Å²) in [5.41, 5.74) is 0. The van der Waals surface area contributed by atoms with Crippen LogP contribution in [0.1, 0.15) is 38.2 Å². The van der Waals surface area contributed by atoms with Gasteiger partial charge in [-0.25, -0.2) is 4.79 Å². The first-order chi connectivity index (χ1) is 19.7. The van der Waals surface area contributed by atoms with E-state index in [1.54, 1.807) is 0 Å².